The number of thiazole rings is 1. The largest absolute Gasteiger partial charge is 0.348 e. The topological polar surface area (TPSA) is 81.8 Å². The Morgan fingerprint density at radius 2 is 1.87 bits per heavy atom. The number of halogens is 1. The summed E-state index contributed by atoms with van der Waals surface area (Å²) in [5.74, 6) is -0.636. The minimum absolute atomic E-state index is 0.114. The van der Waals surface area contributed by atoms with Crippen molar-refractivity contribution in [2.75, 3.05) is 0 Å². The van der Waals surface area contributed by atoms with Gasteiger partial charge in [0.25, 0.3) is 0 Å². The molecule has 0 bridgehead atoms. The van der Waals surface area contributed by atoms with Crippen LogP contribution in [0.2, 0.25) is 0 Å². The number of carbonyl (C=O) groups is 1. The Kier molecular flexibility index (Phi) is 5.77. The predicted octanol–water partition coefficient (Wildman–Crippen LogP) is 3.48. The lowest BCUT2D eigenvalue weighted by atomic mass is 10.1. The molecular formula is C22H20FN5O2S. The van der Waals surface area contributed by atoms with Gasteiger partial charge in [0.2, 0.25) is 5.91 Å². The fourth-order valence-corrected chi connectivity index (χ4v) is 4.25. The number of aromatic nitrogens is 4. The van der Waals surface area contributed by atoms with Crippen LogP contribution in [0.25, 0.3) is 16.9 Å². The average molecular weight is 438 g/mol. The highest BCUT2D eigenvalue weighted by Crippen LogP contribution is 2.25. The van der Waals surface area contributed by atoms with Gasteiger partial charge in [-0.25, -0.2) is 14.1 Å². The molecule has 0 saturated heterocycles. The molecule has 0 aliphatic rings. The van der Waals surface area contributed by atoms with E-state index in [1.807, 2.05) is 38.1 Å². The first kappa shape index (κ1) is 20.7. The van der Waals surface area contributed by atoms with Gasteiger partial charge in [-0.2, -0.15) is 5.10 Å². The van der Waals surface area contributed by atoms with Gasteiger partial charge in [-0.05, 0) is 61.4 Å². The van der Waals surface area contributed by atoms with E-state index in [0.29, 0.717) is 11.3 Å². The molecule has 0 aliphatic heterocycles. The number of benzene rings is 2. The van der Waals surface area contributed by atoms with E-state index < -0.39 is 0 Å². The highest BCUT2D eigenvalue weighted by Gasteiger charge is 2.18. The van der Waals surface area contributed by atoms with Gasteiger partial charge < -0.3 is 5.32 Å². The van der Waals surface area contributed by atoms with E-state index in [1.54, 1.807) is 23.1 Å². The van der Waals surface area contributed by atoms with Gasteiger partial charge in [0, 0.05) is 4.88 Å². The highest BCUT2D eigenvalue weighted by molar-refractivity contribution is 7.09. The van der Waals surface area contributed by atoms with Gasteiger partial charge in [-0.15, -0.1) is 0 Å². The van der Waals surface area contributed by atoms with Crippen LogP contribution >= 0.6 is 11.3 Å². The molecule has 0 spiro atoms. The Hall–Kier alpha value is -3.59. The monoisotopic (exact) mass is 437 g/mol. The highest BCUT2D eigenvalue weighted by atomic mass is 32.1. The van der Waals surface area contributed by atoms with Gasteiger partial charge in [0.15, 0.2) is 0 Å². The Balaban J connectivity index is 1.49. The molecule has 158 valence electrons. The Morgan fingerprint density at radius 1 is 1.16 bits per heavy atom. The molecule has 4 rings (SSSR count). The van der Waals surface area contributed by atoms with Crippen LogP contribution in [0.1, 0.15) is 23.4 Å². The summed E-state index contributed by atoms with van der Waals surface area (Å²) >= 11 is 1.07. The van der Waals surface area contributed by atoms with Crippen LogP contribution < -0.4 is 10.2 Å². The normalized spacial score (nSPS) is 12.0. The van der Waals surface area contributed by atoms with E-state index in [0.717, 1.165) is 27.5 Å². The van der Waals surface area contributed by atoms with E-state index in [4.69, 9.17) is 0 Å². The Morgan fingerprint density at radius 3 is 2.52 bits per heavy atom. The smallest absolute Gasteiger partial charge is 0.308 e. The first-order valence-electron chi connectivity index (χ1n) is 9.63. The van der Waals surface area contributed by atoms with Crippen LogP contribution in [-0.2, 0) is 11.3 Å². The van der Waals surface area contributed by atoms with Crippen molar-refractivity contribution in [1.29, 1.82) is 0 Å². The number of rotatable bonds is 6. The van der Waals surface area contributed by atoms with Crippen LogP contribution in [0.3, 0.4) is 0 Å². The van der Waals surface area contributed by atoms with Gasteiger partial charge in [-0.1, -0.05) is 23.5 Å². The molecule has 31 heavy (non-hydrogen) atoms. The summed E-state index contributed by atoms with van der Waals surface area (Å²) in [7, 11) is 0. The number of aryl methyl sites for hydroxylation is 1. The molecular weight excluding hydrogens is 417 g/mol. The summed E-state index contributed by atoms with van der Waals surface area (Å²) in [5.41, 5.74) is 3.12. The number of hydrogen-bond acceptors (Lipinski definition) is 5. The summed E-state index contributed by atoms with van der Waals surface area (Å²) in [6, 6.07) is 13.3. The first-order valence-corrected chi connectivity index (χ1v) is 10.4. The fraction of sp³-hybridized carbons (Fsp3) is 0.182. The third-order valence-corrected chi connectivity index (χ3v) is 5.83. The SMILES string of the molecule is Cc1sc(=O)n(CC(=O)N[C@@H](C)c2ccc(-n3cncn3)cc2)c1-c1ccc(F)cc1. The van der Waals surface area contributed by atoms with Gasteiger partial charge >= 0.3 is 4.87 Å². The molecule has 1 atom stereocenters. The van der Waals surface area contributed by atoms with Crippen LogP contribution in [0, 0.1) is 12.7 Å². The third-order valence-electron chi connectivity index (χ3n) is 4.94. The number of nitrogens with zero attached hydrogens (tertiary/aromatic N) is 4. The van der Waals surface area contributed by atoms with Crippen LogP contribution in [0.4, 0.5) is 4.39 Å². The number of carbonyl (C=O) groups excluding carboxylic acids is 1. The number of nitrogens with one attached hydrogen (secondary N) is 1. The maximum absolute atomic E-state index is 13.3. The van der Waals surface area contributed by atoms with Gasteiger partial charge in [0.1, 0.15) is 25.0 Å². The lowest BCUT2D eigenvalue weighted by Crippen LogP contribution is -2.32. The predicted molar refractivity (Wildman–Crippen MR) is 117 cm³/mol. The summed E-state index contributed by atoms with van der Waals surface area (Å²) in [6.45, 7) is 3.58. The maximum atomic E-state index is 13.3. The van der Waals surface area contributed by atoms with Crippen molar-refractivity contribution >= 4 is 17.2 Å². The second-order valence-electron chi connectivity index (χ2n) is 7.09. The van der Waals surface area contributed by atoms with Crippen molar-refractivity contribution in [3.63, 3.8) is 0 Å². The lowest BCUT2D eigenvalue weighted by Gasteiger charge is -2.16. The van der Waals surface area contributed by atoms with Crippen molar-refractivity contribution in [3.8, 4) is 16.9 Å². The molecule has 0 radical (unpaired) electrons. The van der Waals surface area contributed by atoms with Crippen LogP contribution in [-0.4, -0.2) is 25.2 Å². The van der Waals surface area contributed by atoms with Crippen molar-refractivity contribution in [1.82, 2.24) is 24.6 Å². The zero-order chi connectivity index (χ0) is 22.0. The molecule has 9 heteroatoms. The number of amides is 1. The quantitative estimate of drug-likeness (QED) is 0.501. The molecule has 0 saturated carbocycles. The van der Waals surface area contributed by atoms with Crippen molar-refractivity contribution in [2.45, 2.75) is 26.4 Å². The van der Waals surface area contributed by atoms with E-state index in [9.17, 15) is 14.0 Å². The van der Waals surface area contributed by atoms with Gasteiger partial charge in [0.05, 0.1) is 17.4 Å². The van der Waals surface area contributed by atoms with Crippen molar-refractivity contribution in [3.05, 3.63) is 87.1 Å². The molecule has 1 N–H and O–H groups in total. The maximum Gasteiger partial charge on any atom is 0.308 e. The second-order valence-corrected chi connectivity index (χ2v) is 8.25. The molecule has 0 unspecified atom stereocenters. The molecule has 0 fully saturated rings. The standard InChI is InChI=1S/C22H20FN5O2S/c1-14(16-5-9-19(10-6-16)28-13-24-12-25-28)26-20(29)11-27-21(15(2)31-22(27)30)17-3-7-18(23)8-4-17/h3-10,12-14H,11H2,1-2H3,(H,26,29)/t14-/m0/s1. The lowest BCUT2D eigenvalue weighted by molar-refractivity contribution is -0.122. The summed E-state index contributed by atoms with van der Waals surface area (Å²) < 4.78 is 16.4. The summed E-state index contributed by atoms with van der Waals surface area (Å²) in [5, 5.41) is 7.02. The molecule has 7 nitrogen and oxygen atoms in total. The van der Waals surface area contributed by atoms with E-state index in [-0.39, 0.29) is 29.2 Å². The van der Waals surface area contributed by atoms with Crippen molar-refractivity contribution < 1.29 is 9.18 Å². The molecule has 2 heterocycles. The van der Waals surface area contributed by atoms with E-state index in [2.05, 4.69) is 15.4 Å². The summed E-state index contributed by atoms with van der Waals surface area (Å²) in [4.78, 5) is 29.6. The van der Waals surface area contributed by atoms with Gasteiger partial charge in [-0.3, -0.25) is 14.2 Å². The van der Waals surface area contributed by atoms with Crippen LogP contribution in [0.15, 0.2) is 66.0 Å². The Labute approximate surface area is 181 Å². The minimum Gasteiger partial charge on any atom is -0.348 e. The molecule has 2 aromatic carbocycles. The second kappa shape index (κ2) is 8.65. The van der Waals surface area contributed by atoms with E-state index in [1.165, 1.54) is 23.0 Å². The molecule has 4 aromatic rings. The average Bonchev–Trinajstić information content (AvgIpc) is 3.38. The zero-order valence-electron chi connectivity index (χ0n) is 16.9. The minimum atomic E-state index is -0.355. The molecule has 2 aromatic heterocycles. The molecule has 0 aliphatic carbocycles. The third kappa shape index (κ3) is 4.46. The molecule has 1 amide bonds. The van der Waals surface area contributed by atoms with Crippen LogP contribution in [0.5, 0.6) is 0 Å². The zero-order valence-corrected chi connectivity index (χ0v) is 17.8. The van der Waals surface area contributed by atoms with Crippen molar-refractivity contribution in [2.24, 2.45) is 0 Å². The summed E-state index contributed by atoms with van der Waals surface area (Å²) in [6.07, 6.45) is 3.07. The Bertz CT molecular complexity index is 1240. The first-order chi connectivity index (χ1) is 14.9. The number of hydrogen-bond donors (Lipinski definition) is 1. The van der Waals surface area contributed by atoms with E-state index >= 15 is 0 Å². The fourth-order valence-electron chi connectivity index (χ4n) is 3.40.